The highest BCUT2D eigenvalue weighted by Crippen LogP contribution is 2.34. The average molecular weight is 279 g/mol. The van der Waals surface area contributed by atoms with Gasteiger partial charge in [0.25, 0.3) is 0 Å². The van der Waals surface area contributed by atoms with Crippen molar-refractivity contribution in [1.29, 1.82) is 0 Å². The molecule has 18 heavy (non-hydrogen) atoms. The van der Waals surface area contributed by atoms with Crippen molar-refractivity contribution in [2.75, 3.05) is 0 Å². The van der Waals surface area contributed by atoms with Crippen LogP contribution in [0, 0.1) is 0 Å². The number of benzene rings is 1. The van der Waals surface area contributed by atoms with E-state index in [4.69, 9.17) is 16.3 Å². The molecule has 0 spiro atoms. The van der Waals surface area contributed by atoms with Crippen molar-refractivity contribution in [3.8, 4) is 0 Å². The Kier molecular flexibility index (Phi) is 3.20. The van der Waals surface area contributed by atoms with Gasteiger partial charge in [-0.15, -0.1) is 11.3 Å². The lowest BCUT2D eigenvalue weighted by molar-refractivity contribution is 0.0538. The summed E-state index contributed by atoms with van der Waals surface area (Å²) in [5.41, 5.74) is 2.31. The van der Waals surface area contributed by atoms with Crippen molar-refractivity contribution >= 4 is 28.7 Å². The summed E-state index contributed by atoms with van der Waals surface area (Å²) in [5, 5.41) is 0. The summed E-state index contributed by atoms with van der Waals surface area (Å²) in [4.78, 5) is 12.8. The predicted molar refractivity (Wildman–Crippen MR) is 72.2 cm³/mol. The fourth-order valence-corrected chi connectivity index (χ4v) is 3.15. The Morgan fingerprint density at radius 1 is 1.33 bits per heavy atom. The molecule has 0 amide bonds. The smallest absolute Gasteiger partial charge is 0.175 e. The first-order chi connectivity index (χ1) is 8.74. The topological polar surface area (TPSA) is 26.3 Å². The molecule has 1 aliphatic rings. The van der Waals surface area contributed by atoms with Gasteiger partial charge in [-0.05, 0) is 23.3 Å². The molecule has 1 aromatic heterocycles. The number of Topliss-reactive ketones (excluding diaryl/α,β-unsaturated/α-hetero) is 1. The van der Waals surface area contributed by atoms with Gasteiger partial charge in [-0.3, -0.25) is 4.79 Å². The lowest BCUT2D eigenvalue weighted by atomic mass is 10.0. The van der Waals surface area contributed by atoms with E-state index in [0.29, 0.717) is 22.2 Å². The highest BCUT2D eigenvalue weighted by atomic mass is 35.5. The standard InChI is InChI=1S/C14H11ClO2S/c15-14-6-5-13(18-14)11(16)7-12-10-4-2-1-3-9(10)8-17-12/h1-6,12H,7-8H2/t12-/m0/s1. The summed E-state index contributed by atoms with van der Waals surface area (Å²) in [6.45, 7) is 0.597. The molecule has 0 bridgehead atoms. The minimum atomic E-state index is -0.116. The molecule has 0 radical (unpaired) electrons. The van der Waals surface area contributed by atoms with Gasteiger partial charge in [0.1, 0.15) is 0 Å². The van der Waals surface area contributed by atoms with Crippen LogP contribution >= 0.6 is 22.9 Å². The maximum Gasteiger partial charge on any atom is 0.175 e. The van der Waals surface area contributed by atoms with Gasteiger partial charge in [0.15, 0.2) is 5.78 Å². The number of hydrogen-bond acceptors (Lipinski definition) is 3. The number of fused-ring (bicyclic) bond motifs is 1. The zero-order chi connectivity index (χ0) is 12.5. The summed E-state index contributed by atoms with van der Waals surface area (Å²) >= 11 is 7.16. The fourth-order valence-electron chi connectivity index (χ4n) is 2.16. The van der Waals surface area contributed by atoms with Crippen LogP contribution in [0.15, 0.2) is 36.4 Å². The predicted octanol–water partition coefficient (Wildman–Crippen LogP) is 4.25. The number of thiophene rings is 1. The molecular formula is C14H11ClO2S. The van der Waals surface area contributed by atoms with Gasteiger partial charge < -0.3 is 4.74 Å². The number of ether oxygens (including phenoxy) is 1. The second kappa shape index (κ2) is 4.84. The van der Waals surface area contributed by atoms with E-state index in [1.54, 1.807) is 12.1 Å². The molecule has 92 valence electrons. The third-order valence-electron chi connectivity index (χ3n) is 3.06. The van der Waals surface area contributed by atoms with Crippen LogP contribution < -0.4 is 0 Å². The third-order valence-corrected chi connectivity index (χ3v) is 4.33. The van der Waals surface area contributed by atoms with Crippen LogP contribution in [0.1, 0.15) is 33.3 Å². The van der Waals surface area contributed by atoms with E-state index >= 15 is 0 Å². The Labute approximate surface area is 114 Å². The summed E-state index contributed by atoms with van der Waals surface area (Å²) in [7, 11) is 0. The first kappa shape index (κ1) is 11.9. The zero-order valence-electron chi connectivity index (χ0n) is 9.56. The lowest BCUT2D eigenvalue weighted by Crippen LogP contribution is -2.05. The first-order valence-electron chi connectivity index (χ1n) is 5.72. The zero-order valence-corrected chi connectivity index (χ0v) is 11.1. The van der Waals surface area contributed by atoms with Gasteiger partial charge in [0, 0.05) is 6.42 Å². The molecule has 0 saturated carbocycles. The number of carbonyl (C=O) groups excluding carboxylic acids is 1. The van der Waals surface area contributed by atoms with E-state index in [1.165, 1.54) is 16.9 Å². The van der Waals surface area contributed by atoms with E-state index in [1.807, 2.05) is 24.3 Å². The minimum absolute atomic E-state index is 0.0913. The SMILES string of the molecule is O=C(C[C@@H]1OCc2ccccc21)c1ccc(Cl)s1. The van der Waals surface area contributed by atoms with Crippen LogP contribution in [0.4, 0.5) is 0 Å². The maximum absolute atomic E-state index is 12.1. The van der Waals surface area contributed by atoms with E-state index in [9.17, 15) is 4.79 Å². The van der Waals surface area contributed by atoms with Gasteiger partial charge >= 0.3 is 0 Å². The highest BCUT2D eigenvalue weighted by molar-refractivity contribution is 7.18. The van der Waals surface area contributed by atoms with Gasteiger partial charge in [-0.1, -0.05) is 35.9 Å². The molecule has 4 heteroatoms. The number of rotatable bonds is 3. The molecule has 0 fully saturated rings. The molecule has 2 nitrogen and oxygen atoms in total. The normalized spacial score (nSPS) is 17.7. The number of ketones is 1. The van der Waals surface area contributed by atoms with Crippen LogP contribution in [0.5, 0.6) is 0 Å². The van der Waals surface area contributed by atoms with Crippen molar-refractivity contribution < 1.29 is 9.53 Å². The largest absolute Gasteiger partial charge is 0.368 e. The number of halogens is 1. The quantitative estimate of drug-likeness (QED) is 0.785. The Balaban J connectivity index is 1.77. The number of hydrogen-bond donors (Lipinski definition) is 0. The van der Waals surface area contributed by atoms with Crippen molar-refractivity contribution in [2.45, 2.75) is 19.1 Å². The summed E-state index contributed by atoms with van der Waals surface area (Å²) in [6.07, 6.45) is 0.267. The summed E-state index contributed by atoms with van der Waals surface area (Å²) in [6, 6.07) is 11.6. The van der Waals surface area contributed by atoms with Crippen molar-refractivity contribution in [2.24, 2.45) is 0 Å². The molecule has 0 unspecified atom stereocenters. The molecule has 1 aliphatic heterocycles. The molecular weight excluding hydrogens is 268 g/mol. The fraction of sp³-hybridized carbons (Fsp3) is 0.214. The average Bonchev–Trinajstić information content (AvgIpc) is 2.97. The molecule has 1 atom stereocenters. The Morgan fingerprint density at radius 3 is 2.94 bits per heavy atom. The minimum Gasteiger partial charge on any atom is -0.368 e. The Bertz CT molecular complexity index is 591. The van der Waals surface area contributed by atoms with Gasteiger partial charge in [-0.25, -0.2) is 0 Å². The molecule has 0 aliphatic carbocycles. The van der Waals surface area contributed by atoms with Gasteiger partial charge in [0.2, 0.25) is 0 Å². The van der Waals surface area contributed by atoms with E-state index < -0.39 is 0 Å². The molecule has 0 saturated heterocycles. The monoisotopic (exact) mass is 278 g/mol. The van der Waals surface area contributed by atoms with Crippen LogP contribution in [0.2, 0.25) is 4.34 Å². The van der Waals surface area contributed by atoms with E-state index in [0.717, 1.165) is 5.56 Å². The summed E-state index contributed by atoms with van der Waals surface area (Å²) < 4.78 is 6.32. The number of carbonyl (C=O) groups is 1. The molecule has 0 N–H and O–H groups in total. The second-order valence-electron chi connectivity index (χ2n) is 4.23. The van der Waals surface area contributed by atoms with Crippen molar-refractivity contribution in [3.63, 3.8) is 0 Å². The van der Waals surface area contributed by atoms with Crippen molar-refractivity contribution in [1.82, 2.24) is 0 Å². The second-order valence-corrected chi connectivity index (χ2v) is 5.94. The Hall–Kier alpha value is -1.16. The first-order valence-corrected chi connectivity index (χ1v) is 6.91. The molecule has 2 heterocycles. The van der Waals surface area contributed by atoms with Crippen LogP contribution in [-0.2, 0) is 11.3 Å². The lowest BCUT2D eigenvalue weighted by Gasteiger charge is -2.09. The van der Waals surface area contributed by atoms with E-state index in [2.05, 4.69) is 0 Å². The molecule has 2 aromatic rings. The van der Waals surface area contributed by atoms with Gasteiger partial charge in [-0.2, -0.15) is 0 Å². The highest BCUT2D eigenvalue weighted by Gasteiger charge is 2.25. The maximum atomic E-state index is 12.1. The third kappa shape index (κ3) is 2.21. The molecule has 3 rings (SSSR count). The Morgan fingerprint density at radius 2 is 2.17 bits per heavy atom. The van der Waals surface area contributed by atoms with Gasteiger partial charge in [0.05, 0.1) is 21.9 Å². The van der Waals surface area contributed by atoms with E-state index in [-0.39, 0.29) is 11.9 Å². The summed E-state index contributed by atoms with van der Waals surface area (Å²) in [5.74, 6) is 0.0913. The van der Waals surface area contributed by atoms with Crippen LogP contribution in [0.3, 0.4) is 0 Å². The van der Waals surface area contributed by atoms with Crippen LogP contribution in [-0.4, -0.2) is 5.78 Å². The van der Waals surface area contributed by atoms with Crippen LogP contribution in [0.25, 0.3) is 0 Å². The molecule has 1 aromatic carbocycles. The van der Waals surface area contributed by atoms with Crippen molar-refractivity contribution in [3.05, 3.63) is 56.7 Å².